The van der Waals surface area contributed by atoms with Gasteiger partial charge in [0.05, 0.1) is 6.10 Å². The number of hydrogen-bond acceptors (Lipinski definition) is 3. The summed E-state index contributed by atoms with van der Waals surface area (Å²) in [4.78, 5) is 10.9. The van der Waals surface area contributed by atoms with Crippen molar-refractivity contribution >= 4 is 6.29 Å². The van der Waals surface area contributed by atoms with E-state index in [-0.39, 0.29) is 11.7 Å². The molecule has 1 heterocycles. The zero-order valence-electron chi connectivity index (χ0n) is 10.1. The Kier molecular flexibility index (Phi) is 3.98. The Morgan fingerprint density at radius 3 is 2.56 bits per heavy atom. The SMILES string of the molecule is CC1(C=O)CCC(OC2CCCCO2)CC1. The summed E-state index contributed by atoms with van der Waals surface area (Å²) in [5, 5.41) is 0. The van der Waals surface area contributed by atoms with Crippen molar-refractivity contribution in [2.45, 2.75) is 64.3 Å². The van der Waals surface area contributed by atoms with Crippen molar-refractivity contribution in [3.63, 3.8) is 0 Å². The molecule has 1 atom stereocenters. The highest BCUT2D eigenvalue weighted by molar-refractivity contribution is 5.58. The smallest absolute Gasteiger partial charge is 0.157 e. The molecule has 2 aliphatic rings. The monoisotopic (exact) mass is 226 g/mol. The van der Waals surface area contributed by atoms with Crippen molar-refractivity contribution in [3.8, 4) is 0 Å². The minimum atomic E-state index is -0.104. The quantitative estimate of drug-likeness (QED) is 0.694. The van der Waals surface area contributed by atoms with Crippen LogP contribution in [0, 0.1) is 5.41 Å². The van der Waals surface area contributed by atoms with E-state index in [1.165, 1.54) is 6.42 Å². The maximum absolute atomic E-state index is 10.9. The molecule has 0 N–H and O–H groups in total. The number of carbonyl (C=O) groups is 1. The average molecular weight is 226 g/mol. The van der Waals surface area contributed by atoms with Gasteiger partial charge in [-0.25, -0.2) is 0 Å². The molecule has 0 aromatic rings. The molecule has 1 unspecified atom stereocenters. The van der Waals surface area contributed by atoms with Crippen molar-refractivity contribution in [2.24, 2.45) is 5.41 Å². The largest absolute Gasteiger partial charge is 0.353 e. The number of aldehydes is 1. The maximum atomic E-state index is 10.9. The normalized spacial score (nSPS) is 40.6. The molecule has 0 bridgehead atoms. The van der Waals surface area contributed by atoms with Crippen LogP contribution in [0.25, 0.3) is 0 Å². The molecule has 0 spiro atoms. The molecule has 2 fully saturated rings. The van der Waals surface area contributed by atoms with Crippen LogP contribution in [0.1, 0.15) is 51.9 Å². The number of rotatable bonds is 3. The number of hydrogen-bond donors (Lipinski definition) is 0. The van der Waals surface area contributed by atoms with Crippen LogP contribution in [0.3, 0.4) is 0 Å². The van der Waals surface area contributed by atoms with Crippen LogP contribution in [-0.4, -0.2) is 25.3 Å². The lowest BCUT2D eigenvalue weighted by Gasteiger charge is -2.35. The molecule has 1 saturated heterocycles. The molecule has 0 radical (unpaired) electrons. The molecule has 2 rings (SSSR count). The third-order valence-electron chi connectivity index (χ3n) is 3.84. The lowest BCUT2D eigenvalue weighted by atomic mass is 9.76. The van der Waals surface area contributed by atoms with Gasteiger partial charge in [-0.3, -0.25) is 0 Å². The minimum absolute atomic E-state index is 0.0133. The second-order valence-corrected chi connectivity index (χ2v) is 5.40. The highest BCUT2D eigenvalue weighted by Gasteiger charge is 2.32. The van der Waals surface area contributed by atoms with Crippen molar-refractivity contribution in [2.75, 3.05) is 6.61 Å². The van der Waals surface area contributed by atoms with Crippen molar-refractivity contribution in [3.05, 3.63) is 0 Å². The van der Waals surface area contributed by atoms with Crippen LogP contribution in [-0.2, 0) is 14.3 Å². The Hall–Kier alpha value is -0.410. The highest BCUT2D eigenvalue weighted by Crippen LogP contribution is 2.35. The van der Waals surface area contributed by atoms with Gasteiger partial charge < -0.3 is 14.3 Å². The average Bonchev–Trinajstić information content (AvgIpc) is 2.34. The first-order valence-electron chi connectivity index (χ1n) is 6.45. The maximum Gasteiger partial charge on any atom is 0.157 e. The highest BCUT2D eigenvalue weighted by atomic mass is 16.7. The van der Waals surface area contributed by atoms with Crippen LogP contribution in [0.15, 0.2) is 0 Å². The Bertz CT molecular complexity index is 225. The summed E-state index contributed by atoms with van der Waals surface area (Å²) in [6, 6.07) is 0. The molecule has 16 heavy (non-hydrogen) atoms. The Morgan fingerprint density at radius 2 is 2.00 bits per heavy atom. The van der Waals surface area contributed by atoms with E-state index >= 15 is 0 Å². The van der Waals surface area contributed by atoms with Crippen LogP contribution < -0.4 is 0 Å². The van der Waals surface area contributed by atoms with Crippen molar-refractivity contribution < 1.29 is 14.3 Å². The lowest BCUT2D eigenvalue weighted by molar-refractivity contribution is -0.196. The number of ether oxygens (including phenoxy) is 2. The van der Waals surface area contributed by atoms with E-state index in [9.17, 15) is 4.79 Å². The first kappa shape index (κ1) is 12.1. The molecule has 1 aliphatic heterocycles. The van der Waals surface area contributed by atoms with E-state index in [1.807, 2.05) is 6.92 Å². The molecule has 3 heteroatoms. The molecule has 0 aromatic heterocycles. The summed E-state index contributed by atoms with van der Waals surface area (Å²) in [5.74, 6) is 0. The Balaban J connectivity index is 1.74. The molecule has 0 aromatic carbocycles. The van der Waals surface area contributed by atoms with E-state index in [0.717, 1.165) is 51.4 Å². The molecule has 1 saturated carbocycles. The number of carbonyl (C=O) groups excluding carboxylic acids is 1. The summed E-state index contributed by atoms with van der Waals surface area (Å²) in [6.45, 7) is 2.89. The van der Waals surface area contributed by atoms with Crippen LogP contribution in [0.5, 0.6) is 0 Å². The van der Waals surface area contributed by atoms with Gasteiger partial charge in [-0.05, 0) is 44.9 Å². The lowest BCUT2D eigenvalue weighted by Crippen LogP contribution is -2.34. The van der Waals surface area contributed by atoms with Gasteiger partial charge in [0.15, 0.2) is 6.29 Å². The van der Waals surface area contributed by atoms with Gasteiger partial charge in [0.25, 0.3) is 0 Å². The van der Waals surface area contributed by atoms with Crippen LogP contribution in [0.2, 0.25) is 0 Å². The molecule has 0 amide bonds. The van der Waals surface area contributed by atoms with Gasteiger partial charge >= 0.3 is 0 Å². The van der Waals surface area contributed by atoms with Gasteiger partial charge in [-0.15, -0.1) is 0 Å². The fourth-order valence-corrected chi connectivity index (χ4v) is 2.54. The summed E-state index contributed by atoms with van der Waals surface area (Å²) < 4.78 is 11.5. The standard InChI is InChI=1S/C13H22O3/c1-13(10-14)7-5-11(6-8-13)16-12-4-2-3-9-15-12/h10-12H,2-9H2,1H3. The fraction of sp³-hybridized carbons (Fsp3) is 0.923. The minimum Gasteiger partial charge on any atom is -0.353 e. The molecular formula is C13H22O3. The topological polar surface area (TPSA) is 35.5 Å². The zero-order chi connectivity index (χ0) is 11.4. The van der Waals surface area contributed by atoms with Gasteiger partial charge in [0.2, 0.25) is 0 Å². The predicted octanol–water partition coefficient (Wildman–Crippen LogP) is 2.68. The van der Waals surface area contributed by atoms with Gasteiger partial charge in [-0.1, -0.05) is 6.92 Å². The third kappa shape index (κ3) is 3.05. The summed E-state index contributed by atoms with van der Waals surface area (Å²) in [7, 11) is 0. The second-order valence-electron chi connectivity index (χ2n) is 5.40. The molecule has 1 aliphatic carbocycles. The first-order chi connectivity index (χ1) is 7.72. The zero-order valence-corrected chi connectivity index (χ0v) is 10.1. The van der Waals surface area contributed by atoms with Gasteiger partial charge in [0.1, 0.15) is 6.29 Å². The summed E-state index contributed by atoms with van der Waals surface area (Å²) >= 11 is 0. The summed E-state index contributed by atoms with van der Waals surface area (Å²) in [5.41, 5.74) is -0.104. The Morgan fingerprint density at radius 1 is 1.25 bits per heavy atom. The molecule has 92 valence electrons. The van der Waals surface area contributed by atoms with E-state index in [2.05, 4.69) is 0 Å². The Labute approximate surface area is 97.5 Å². The third-order valence-corrected chi connectivity index (χ3v) is 3.84. The van der Waals surface area contributed by atoms with E-state index < -0.39 is 0 Å². The summed E-state index contributed by atoms with van der Waals surface area (Å²) in [6.07, 6.45) is 8.72. The van der Waals surface area contributed by atoms with Crippen LogP contribution in [0.4, 0.5) is 0 Å². The van der Waals surface area contributed by atoms with Crippen molar-refractivity contribution in [1.82, 2.24) is 0 Å². The van der Waals surface area contributed by atoms with E-state index in [4.69, 9.17) is 9.47 Å². The van der Waals surface area contributed by atoms with Crippen molar-refractivity contribution in [1.29, 1.82) is 0 Å². The van der Waals surface area contributed by atoms with E-state index in [1.54, 1.807) is 0 Å². The fourth-order valence-electron chi connectivity index (χ4n) is 2.54. The van der Waals surface area contributed by atoms with Crippen LogP contribution >= 0.6 is 0 Å². The van der Waals surface area contributed by atoms with Gasteiger partial charge in [-0.2, -0.15) is 0 Å². The van der Waals surface area contributed by atoms with Gasteiger partial charge in [0, 0.05) is 12.0 Å². The second kappa shape index (κ2) is 5.28. The predicted molar refractivity (Wildman–Crippen MR) is 61.1 cm³/mol. The molecular weight excluding hydrogens is 204 g/mol. The van der Waals surface area contributed by atoms with E-state index in [0.29, 0.717) is 6.10 Å². The first-order valence-corrected chi connectivity index (χ1v) is 6.45. The molecule has 3 nitrogen and oxygen atoms in total.